The smallest absolute Gasteiger partial charge is 0.408 e. The fourth-order valence-corrected chi connectivity index (χ4v) is 2.59. The maximum atomic E-state index is 12.9. The van der Waals surface area contributed by atoms with Gasteiger partial charge < -0.3 is 15.8 Å². The number of alkyl carbamates (subject to hydrolysis) is 1. The van der Waals surface area contributed by atoms with E-state index in [1.807, 2.05) is 0 Å². The van der Waals surface area contributed by atoms with Gasteiger partial charge in [0, 0.05) is 16.1 Å². The Kier molecular flexibility index (Phi) is 9.44. The van der Waals surface area contributed by atoms with Gasteiger partial charge in [-0.25, -0.2) is 4.79 Å². The van der Waals surface area contributed by atoms with Crippen molar-refractivity contribution in [1.82, 2.24) is 5.32 Å². The van der Waals surface area contributed by atoms with Gasteiger partial charge in [0.05, 0.1) is 18.8 Å². The first-order valence-corrected chi connectivity index (χ1v) is 8.66. The van der Waals surface area contributed by atoms with Gasteiger partial charge in [-0.3, -0.25) is 14.5 Å². The molecule has 3 N–H and O–H groups in total. The van der Waals surface area contributed by atoms with Crippen LogP contribution in [0.2, 0.25) is 5.02 Å². The Balaban J connectivity index is 0.00000392. The SMILES string of the molecule is CCOC(=O)NCN(C(=O)CN)c1ccc(Cl)cc1C(=O)c1ccccc1.Cl. The highest BCUT2D eigenvalue weighted by Crippen LogP contribution is 2.27. The van der Waals surface area contributed by atoms with E-state index in [9.17, 15) is 14.4 Å². The topological polar surface area (TPSA) is 102 Å². The molecule has 0 saturated carbocycles. The molecule has 7 nitrogen and oxygen atoms in total. The number of halogens is 2. The molecular weight excluding hydrogens is 405 g/mol. The lowest BCUT2D eigenvalue weighted by molar-refractivity contribution is -0.117. The lowest BCUT2D eigenvalue weighted by atomic mass is 10.0. The van der Waals surface area contributed by atoms with Crippen LogP contribution in [-0.2, 0) is 9.53 Å². The second-order valence-corrected chi connectivity index (χ2v) is 5.87. The number of carbonyl (C=O) groups is 3. The van der Waals surface area contributed by atoms with Gasteiger partial charge in [-0.1, -0.05) is 41.9 Å². The lowest BCUT2D eigenvalue weighted by Crippen LogP contribution is -2.44. The molecule has 0 saturated heterocycles. The van der Waals surface area contributed by atoms with Gasteiger partial charge in [0.25, 0.3) is 0 Å². The number of carbonyl (C=O) groups excluding carboxylic acids is 3. The third-order valence-corrected chi connectivity index (χ3v) is 3.90. The molecule has 0 atom stereocenters. The van der Waals surface area contributed by atoms with Crippen molar-refractivity contribution in [3.63, 3.8) is 0 Å². The van der Waals surface area contributed by atoms with Crippen LogP contribution in [-0.4, -0.2) is 37.6 Å². The number of amides is 2. The fourth-order valence-electron chi connectivity index (χ4n) is 2.41. The molecule has 0 aromatic heterocycles. The van der Waals surface area contributed by atoms with Gasteiger partial charge >= 0.3 is 6.09 Å². The van der Waals surface area contributed by atoms with Crippen molar-refractivity contribution < 1.29 is 19.1 Å². The average molecular weight is 426 g/mol. The maximum Gasteiger partial charge on any atom is 0.408 e. The second-order valence-electron chi connectivity index (χ2n) is 5.44. The summed E-state index contributed by atoms with van der Waals surface area (Å²) in [5.41, 5.74) is 6.46. The molecule has 2 rings (SSSR count). The number of anilines is 1. The number of ether oxygens (including phenoxy) is 1. The molecule has 0 aliphatic heterocycles. The molecule has 0 aliphatic rings. The number of nitrogens with zero attached hydrogens (tertiary/aromatic N) is 1. The highest BCUT2D eigenvalue weighted by Gasteiger charge is 2.23. The summed E-state index contributed by atoms with van der Waals surface area (Å²) in [7, 11) is 0. The van der Waals surface area contributed by atoms with E-state index in [2.05, 4.69) is 5.32 Å². The monoisotopic (exact) mass is 425 g/mol. The molecule has 0 unspecified atom stereocenters. The Morgan fingerprint density at radius 2 is 1.82 bits per heavy atom. The van der Waals surface area contributed by atoms with E-state index in [1.165, 1.54) is 11.0 Å². The summed E-state index contributed by atoms with van der Waals surface area (Å²) in [5, 5.41) is 2.81. The minimum atomic E-state index is -0.683. The van der Waals surface area contributed by atoms with Crippen molar-refractivity contribution in [3.8, 4) is 0 Å². The Labute approximate surface area is 174 Å². The second kappa shape index (κ2) is 11.3. The van der Waals surface area contributed by atoms with Crippen LogP contribution in [0.5, 0.6) is 0 Å². The Morgan fingerprint density at radius 3 is 2.43 bits per heavy atom. The number of hydrogen-bond donors (Lipinski definition) is 2. The molecule has 0 aliphatic carbocycles. The van der Waals surface area contributed by atoms with Crippen LogP contribution in [0.15, 0.2) is 48.5 Å². The minimum Gasteiger partial charge on any atom is -0.450 e. The van der Waals surface area contributed by atoms with E-state index in [0.717, 1.165) is 0 Å². The van der Waals surface area contributed by atoms with Crippen LogP contribution in [0.1, 0.15) is 22.8 Å². The molecule has 2 aromatic carbocycles. The summed E-state index contributed by atoms with van der Waals surface area (Å²) in [6, 6.07) is 13.2. The quantitative estimate of drug-likeness (QED) is 0.524. The number of nitrogens with one attached hydrogen (secondary N) is 1. The predicted octanol–water partition coefficient (Wildman–Crippen LogP) is 2.99. The zero-order valence-corrected chi connectivity index (χ0v) is 16.8. The molecular formula is C19H21Cl2N3O4. The number of hydrogen-bond acceptors (Lipinski definition) is 5. The third-order valence-electron chi connectivity index (χ3n) is 3.66. The third kappa shape index (κ3) is 5.95. The molecule has 0 heterocycles. The Hall–Kier alpha value is -2.61. The van der Waals surface area contributed by atoms with Crippen LogP contribution < -0.4 is 16.0 Å². The summed E-state index contributed by atoms with van der Waals surface area (Å²) in [6.07, 6.45) is -0.683. The number of ketones is 1. The maximum absolute atomic E-state index is 12.9. The Morgan fingerprint density at radius 1 is 1.14 bits per heavy atom. The van der Waals surface area contributed by atoms with E-state index in [0.29, 0.717) is 16.3 Å². The first kappa shape index (κ1) is 23.4. The molecule has 0 fully saturated rings. The van der Waals surface area contributed by atoms with Crippen molar-refractivity contribution >= 4 is 47.5 Å². The van der Waals surface area contributed by atoms with E-state index in [1.54, 1.807) is 49.4 Å². The van der Waals surface area contributed by atoms with Crippen molar-refractivity contribution in [2.45, 2.75) is 6.92 Å². The fraction of sp³-hybridized carbons (Fsp3) is 0.211. The van der Waals surface area contributed by atoms with E-state index < -0.39 is 12.0 Å². The molecule has 2 aromatic rings. The molecule has 0 spiro atoms. The van der Waals surface area contributed by atoms with Crippen molar-refractivity contribution in [2.75, 3.05) is 24.7 Å². The molecule has 150 valence electrons. The van der Waals surface area contributed by atoms with E-state index >= 15 is 0 Å². The van der Waals surface area contributed by atoms with Crippen LogP contribution in [0.3, 0.4) is 0 Å². The van der Waals surface area contributed by atoms with E-state index in [4.69, 9.17) is 22.1 Å². The molecule has 0 radical (unpaired) electrons. The normalized spacial score (nSPS) is 9.82. The number of rotatable bonds is 7. The summed E-state index contributed by atoms with van der Waals surface area (Å²) in [6.45, 7) is 1.35. The van der Waals surface area contributed by atoms with Crippen LogP contribution in [0.25, 0.3) is 0 Å². The van der Waals surface area contributed by atoms with Gasteiger partial charge in [0.1, 0.15) is 6.67 Å². The zero-order valence-electron chi connectivity index (χ0n) is 15.2. The van der Waals surface area contributed by atoms with Crippen molar-refractivity contribution in [3.05, 3.63) is 64.7 Å². The standard InChI is InChI=1S/C19H20ClN3O4.ClH/c1-2-27-19(26)22-12-23(17(24)11-21)16-9-8-14(20)10-15(16)18(25)13-6-4-3-5-7-13;/h3-10H,2,11-12,21H2,1H3,(H,22,26);1H. The largest absolute Gasteiger partial charge is 0.450 e. The van der Waals surface area contributed by atoms with Crippen LogP contribution >= 0.6 is 24.0 Å². The lowest BCUT2D eigenvalue weighted by Gasteiger charge is -2.25. The minimum absolute atomic E-state index is 0. The van der Waals surface area contributed by atoms with E-state index in [-0.39, 0.29) is 43.6 Å². The van der Waals surface area contributed by atoms with Gasteiger partial charge in [0.15, 0.2) is 5.78 Å². The molecule has 28 heavy (non-hydrogen) atoms. The molecule has 9 heteroatoms. The highest BCUT2D eigenvalue weighted by molar-refractivity contribution is 6.31. The molecule has 2 amide bonds. The molecule has 0 bridgehead atoms. The van der Waals surface area contributed by atoms with Crippen molar-refractivity contribution in [2.24, 2.45) is 5.73 Å². The van der Waals surface area contributed by atoms with Gasteiger partial charge in [0.2, 0.25) is 5.91 Å². The highest BCUT2D eigenvalue weighted by atomic mass is 35.5. The number of benzene rings is 2. The Bertz CT molecular complexity index is 831. The first-order chi connectivity index (χ1) is 13.0. The van der Waals surface area contributed by atoms with Crippen LogP contribution in [0, 0.1) is 0 Å². The summed E-state index contributed by atoms with van der Waals surface area (Å²) in [5.74, 6) is -0.782. The van der Waals surface area contributed by atoms with Crippen molar-refractivity contribution in [1.29, 1.82) is 0 Å². The van der Waals surface area contributed by atoms with Gasteiger partial charge in [-0.05, 0) is 25.1 Å². The first-order valence-electron chi connectivity index (χ1n) is 8.28. The summed E-state index contributed by atoms with van der Waals surface area (Å²) in [4.78, 5) is 38.1. The average Bonchev–Trinajstić information content (AvgIpc) is 2.69. The summed E-state index contributed by atoms with van der Waals surface area (Å²) < 4.78 is 4.80. The van der Waals surface area contributed by atoms with Crippen LogP contribution in [0.4, 0.5) is 10.5 Å². The zero-order chi connectivity index (χ0) is 19.8. The van der Waals surface area contributed by atoms with Gasteiger partial charge in [-0.2, -0.15) is 0 Å². The predicted molar refractivity (Wildman–Crippen MR) is 110 cm³/mol. The number of nitrogens with two attached hydrogens (primary N) is 1. The summed E-state index contributed by atoms with van der Waals surface area (Å²) >= 11 is 6.07. The van der Waals surface area contributed by atoms with Gasteiger partial charge in [-0.15, -0.1) is 12.4 Å².